The quantitative estimate of drug-likeness (QED) is 0.535. The Labute approximate surface area is 139 Å². The Balaban J connectivity index is 1.70. The third-order valence-electron chi connectivity index (χ3n) is 3.61. The number of benzene rings is 1. The van der Waals surface area contributed by atoms with Crippen molar-refractivity contribution in [3.63, 3.8) is 0 Å². The molecular formula is C18H17N3O3. The Morgan fingerprint density at radius 2 is 2.08 bits per heavy atom. The lowest BCUT2D eigenvalue weighted by atomic mass is 10.2. The zero-order valence-electron chi connectivity index (χ0n) is 13.5. The molecule has 3 aromatic rings. The zero-order chi connectivity index (χ0) is 17.1. The highest BCUT2D eigenvalue weighted by Gasteiger charge is 2.23. The molecule has 6 heteroatoms. The maximum absolute atomic E-state index is 12.2. The van der Waals surface area contributed by atoms with Crippen molar-refractivity contribution in [2.24, 2.45) is 0 Å². The molecule has 0 aliphatic carbocycles. The van der Waals surface area contributed by atoms with E-state index in [1.807, 2.05) is 37.4 Å². The van der Waals surface area contributed by atoms with Crippen LogP contribution in [0.1, 0.15) is 21.7 Å². The van der Waals surface area contributed by atoms with Crippen LogP contribution in [-0.4, -0.2) is 33.4 Å². The van der Waals surface area contributed by atoms with Crippen LogP contribution in [0.25, 0.3) is 5.69 Å². The van der Waals surface area contributed by atoms with Crippen LogP contribution in [0.5, 0.6) is 0 Å². The SMILES string of the molecule is Cc1cccc(-n2cc(CN(C)C(=O)C(=O)c3ccco3)cn2)c1. The van der Waals surface area contributed by atoms with Crippen molar-refractivity contribution in [3.05, 3.63) is 71.9 Å². The predicted octanol–water partition coefficient (Wildman–Crippen LogP) is 2.62. The molecular weight excluding hydrogens is 306 g/mol. The fourth-order valence-electron chi connectivity index (χ4n) is 2.39. The van der Waals surface area contributed by atoms with Gasteiger partial charge in [-0.3, -0.25) is 9.59 Å². The fourth-order valence-corrected chi connectivity index (χ4v) is 2.39. The van der Waals surface area contributed by atoms with Crippen molar-refractivity contribution in [1.82, 2.24) is 14.7 Å². The summed E-state index contributed by atoms with van der Waals surface area (Å²) in [6.45, 7) is 2.30. The summed E-state index contributed by atoms with van der Waals surface area (Å²) in [6, 6.07) is 11.0. The number of ketones is 1. The summed E-state index contributed by atoms with van der Waals surface area (Å²) in [5, 5.41) is 4.31. The van der Waals surface area contributed by atoms with Crippen LogP contribution in [0.2, 0.25) is 0 Å². The van der Waals surface area contributed by atoms with Gasteiger partial charge in [-0.1, -0.05) is 12.1 Å². The highest BCUT2D eigenvalue weighted by Crippen LogP contribution is 2.12. The molecule has 6 nitrogen and oxygen atoms in total. The number of hydrogen-bond acceptors (Lipinski definition) is 4. The predicted molar refractivity (Wildman–Crippen MR) is 87.8 cm³/mol. The number of amides is 1. The smallest absolute Gasteiger partial charge is 0.298 e. The normalized spacial score (nSPS) is 10.6. The molecule has 24 heavy (non-hydrogen) atoms. The molecule has 0 saturated carbocycles. The number of nitrogens with zero attached hydrogens (tertiary/aromatic N) is 3. The lowest BCUT2D eigenvalue weighted by Crippen LogP contribution is -2.32. The number of aromatic nitrogens is 2. The number of carbonyl (C=O) groups is 2. The first-order valence-electron chi connectivity index (χ1n) is 7.48. The molecule has 0 radical (unpaired) electrons. The van der Waals surface area contributed by atoms with E-state index in [2.05, 4.69) is 5.10 Å². The van der Waals surface area contributed by atoms with Crippen molar-refractivity contribution in [1.29, 1.82) is 0 Å². The van der Waals surface area contributed by atoms with E-state index in [4.69, 9.17) is 4.42 Å². The van der Waals surface area contributed by atoms with Crippen molar-refractivity contribution >= 4 is 11.7 Å². The molecule has 1 aromatic carbocycles. The van der Waals surface area contributed by atoms with Gasteiger partial charge in [-0.15, -0.1) is 0 Å². The average molecular weight is 323 g/mol. The molecule has 122 valence electrons. The second-order valence-electron chi connectivity index (χ2n) is 5.60. The van der Waals surface area contributed by atoms with Gasteiger partial charge >= 0.3 is 0 Å². The summed E-state index contributed by atoms with van der Waals surface area (Å²) in [5.74, 6) is -1.23. The van der Waals surface area contributed by atoms with Gasteiger partial charge in [-0.25, -0.2) is 4.68 Å². The van der Waals surface area contributed by atoms with Gasteiger partial charge in [0.2, 0.25) is 0 Å². The number of furan rings is 1. The molecule has 3 rings (SSSR count). The Kier molecular flexibility index (Phi) is 4.29. The van der Waals surface area contributed by atoms with Crippen molar-refractivity contribution in [3.8, 4) is 5.69 Å². The number of aryl methyl sites for hydroxylation is 1. The van der Waals surface area contributed by atoms with Gasteiger partial charge in [0.05, 0.1) is 18.1 Å². The fraction of sp³-hybridized carbons (Fsp3) is 0.167. The van der Waals surface area contributed by atoms with E-state index in [-0.39, 0.29) is 12.3 Å². The molecule has 2 heterocycles. The maximum atomic E-state index is 12.2. The van der Waals surface area contributed by atoms with Gasteiger partial charge in [-0.05, 0) is 36.8 Å². The summed E-state index contributed by atoms with van der Waals surface area (Å²) in [5.41, 5.74) is 2.92. The minimum atomic E-state index is -0.659. The lowest BCUT2D eigenvalue weighted by Gasteiger charge is -2.14. The van der Waals surface area contributed by atoms with Gasteiger partial charge in [0.15, 0.2) is 5.76 Å². The van der Waals surface area contributed by atoms with Crippen LogP contribution in [-0.2, 0) is 11.3 Å². The Bertz CT molecular complexity index is 865. The monoisotopic (exact) mass is 323 g/mol. The number of rotatable bonds is 5. The molecule has 0 fully saturated rings. The van der Waals surface area contributed by atoms with E-state index in [1.54, 1.807) is 24.0 Å². The van der Waals surface area contributed by atoms with Crippen LogP contribution in [0, 0.1) is 6.92 Å². The third-order valence-corrected chi connectivity index (χ3v) is 3.61. The minimum Gasteiger partial charge on any atom is -0.461 e. The second-order valence-corrected chi connectivity index (χ2v) is 5.60. The van der Waals surface area contributed by atoms with Gasteiger partial charge in [-0.2, -0.15) is 5.10 Å². The van der Waals surface area contributed by atoms with Crippen LogP contribution in [0.3, 0.4) is 0 Å². The lowest BCUT2D eigenvalue weighted by molar-refractivity contribution is -0.125. The van der Waals surface area contributed by atoms with Crippen LogP contribution in [0.4, 0.5) is 0 Å². The summed E-state index contributed by atoms with van der Waals surface area (Å²) in [7, 11) is 1.58. The standard InChI is InChI=1S/C18H17N3O3/c1-13-5-3-6-15(9-13)21-12-14(10-19-21)11-20(2)18(23)17(22)16-7-4-8-24-16/h3-10,12H,11H2,1-2H3. The molecule has 0 saturated heterocycles. The summed E-state index contributed by atoms with van der Waals surface area (Å²) >= 11 is 0. The van der Waals surface area contributed by atoms with Gasteiger partial charge in [0.1, 0.15) is 0 Å². The molecule has 2 aromatic heterocycles. The Hall–Kier alpha value is -3.15. The first kappa shape index (κ1) is 15.7. The second kappa shape index (κ2) is 6.54. The minimum absolute atomic E-state index is 0.0438. The third kappa shape index (κ3) is 3.27. The van der Waals surface area contributed by atoms with Crippen LogP contribution < -0.4 is 0 Å². The molecule has 0 bridgehead atoms. The average Bonchev–Trinajstić information content (AvgIpc) is 3.25. The topological polar surface area (TPSA) is 68.3 Å². The summed E-state index contributed by atoms with van der Waals surface area (Å²) in [6.07, 6.45) is 4.89. The van der Waals surface area contributed by atoms with Crippen molar-refractivity contribution < 1.29 is 14.0 Å². The van der Waals surface area contributed by atoms with E-state index in [9.17, 15) is 9.59 Å². The highest BCUT2D eigenvalue weighted by molar-refractivity contribution is 6.41. The molecule has 0 aliphatic rings. The molecule has 1 amide bonds. The van der Waals surface area contributed by atoms with Crippen molar-refractivity contribution in [2.75, 3.05) is 7.05 Å². The van der Waals surface area contributed by atoms with E-state index in [0.717, 1.165) is 16.8 Å². The number of Topliss-reactive ketones (excluding diaryl/α,β-unsaturated/α-hetero) is 1. The summed E-state index contributed by atoms with van der Waals surface area (Å²) < 4.78 is 6.72. The molecule has 0 unspecified atom stereocenters. The Morgan fingerprint density at radius 1 is 1.25 bits per heavy atom. The number of likely N-dealkylation sites (N-methyl/N-ethyl adjacent to an activating group) is 1. The zero-order valence-corrected chi connectivity index (χ0v) is 13.5. The molecule has 0 N–H and O–H groups in total. The summed E-state index contributed by atoms with van der Waals surface area (Å²) in [4.78, 5) is 25.5. The first-order chi connectivity index (χ1) is 11.5. The van der Waals surface area contributed by atoms with Crippen LogP contribution >= 0.6 is 0 Å². The first-order valence-corrected chi connectivity index (χ1v) is 7.48. The van der Waals surface area contributed by atoms with Gasteiger partial charge < -0.3 is 9.32 Å². The number of hydrogen-bond donors (Lipinski definition) is 0. The van der Waals surface area contributed by atoms with E-state index in [0.29, 0.717) is 0 Å². The molecule has 0 aliphatic heterocycles. The van der Waals surface area contributed by atoms with Crippen LogP contribution in [0.15, 0.2) is 59.5 Å². The van der Waals surface area contributed by atoms with E-state index < -0.39 is 11.7 Å². The van der Waals surface area contributed by atoms with E-state index in [1.165, 1.54) is 17.2 Å². The highest BCUT2D eigenvalue weighted by atomic mass is 16.3. The maximum Gasteiger partial charge on any atom is 0.298 e. The Morgan fingerprint density at radius 3 is 2.79 bits per heavy atom. The largest absolute Gasteiger partial charge is 0.461 e. The number of carbonyl (C=O) groups excluding carboxylic acids is 2. The van der Waals surface area contributed by atoms with Gasteiger partial charge in [0, 0.05) is 25.4 Å². The van der Waals surface area contributed by atoms with Gasteiger partial charge in [0.25, 0.3) is 11.7 Å². The van der Waals surface area contributed by atoms with Crippen molar-refractivity contribution in [2.45, 2.75) is 13.5 Å². The molecule has 0 spiro atoms. The van der Waals surface area contributed by atoms with E-state index >= 15 is 0 Å². The molecule has 0 atom stereocenters.